The van der Waals surface area contributed by atoms with Crippen molar-refractivity contribution in [2.75, 3.05) is 11.9 Å². The summed E-state index contributed by atoms with van der Waals surface area (Å²) in [7, 11) is 0. The first-order valence-electron chi connectivity index (χ1n) is 11.9. The maximum absolute atomic E-state index is 12.7. The van der Waals surface area contributed by atoms with Crippen LogP contribution < -0.4 is 10.9 Å². The van der Waals surface area contributed by atoms with Gasteiger partial charge in [-0.3, -0.25) is 9.59 Å². The third-order valence-corrected chi connectivity index (χ3v) is 6.43. The van der Waals surface area contributed by atoms with Crippen LogP contribution in [-0.4, -0.2) is 27.2 Å². The standard InChI is InChI=1S/C30H27N3O3/c34-28(35)20-33-17-15-25-26(12-7-13-27(25)33)31-16-14-23-18-24(19-32-30(23)36)29(21-8-3-1-4-9-21)22-10-5-2-6-11-22/h1-13,15,17-19,29,31H,14,16,20H2,(H,32,36)(H,34,35). The fourth-order valence-electron chi connectivity index (χ4n) is 4.76. The van der Waals surface area contributed by atoms with Gasteiger partial charge in [0.1, 0.15) is 6.54 Å². The number of benzene rings is 3. The molecule has 6 nitrogen and oxygen atoms in total. The van der Waals surface area contributed by atoms with E-state index in [9.17, 15) is 9.59 Å². The van der Waals surface area contributed by atoms with Gasteiger partial charge >= 0.3 is 5.97 Å². The lowest BCUT2D eigenvalue weighted by atomic mass is 9.85. The van der Waals surface area contributed by atoms with Crippen molar-refractivity contribution in [3.63, 3.8) is 0 Å². The fraction of sp³-hybridized carbons (Fsp3) is 0.133. The Morgan fingerprint density at radius 2 is 1.58 bits per heavy atom. The molecule has 0 aliphatic heterocycles. The molecule has 0 unspecified atom stereocenters. The second-order valence-corrected chi connectivity index (χ2v) is 8.79. The highest BCUT2D eigenvalue weighted by Gasteiger charge is 2.18. The summed E-state index contributed by atoms with van der Waals surface area (Å²) in [4.78, 5) is 26.8. The van der Waals surface area contributed by atoms with Crippen LogP contribution in [0.2, 0.25) is 0 Å². The molecule has 5 rings (SSSR count). The zero-order valence-corrected chi connectivity index (χ0v) is 19.7. The second kappa shape index (κ2) is 10.4. The number of nitrogens with one attached hydrogen (secondary N) is 2. The number of carboxylic acid groups (broad SMARTS) is 1. The number of aromatic amines is 1. The number of carbonyl (C=O) groups is 1. The molecule has 3 aromatic carbocycles. The summed E-state index contributed by atoms with van der Waals surface area (Å²) in [6.45, 7) is 0.482. The molecule has 2 heterocycles. The summed E-state index contributed by atoms with van der Waals surface area (Å²) in [5, 5.41) is 13.5. The van der Waals surface area contributed by atoms with Crippen molar-refractivity contribution < 1.29 is 9.90 Å². The Labute approximate surface area is 208 Å². The van der Waals surface area contributed by atoms with Crippen molar-refractivity contribution >= 4 is 22.6 Å². The van der Waals surface area contributed by atoms with Crippen molar-refractivity contribution in [3.8, 4) is 0 Å². The van der Waals surface area contributed by atoms with Crippen molar-refractivity contribution in [2.24, 2.45) is 0 Å². The van der Waals surface area contributed by atoms with Gasteiger partial charge in [0.2, 0.25) is 0 Å². The number of aromatic nitrogens is 2. The van der Waals surface area contributed by atoms with Crippen LogP contribution in [0.5, 0.6) is 0 Å². The Morgan fingerprint density at radius 3 is 2.25 bits per heavy atom. The average molecular weight is 478 g/mol. The van der Waals surface area contributed by atoms with Crippen LogP contribution in [0.3, 0.4) is 0 Å². The number of rotatable bonds is 9. The van der Waals surface area contributed by atoms with Crippen molar-refractivity contribution in [2.45, 2.75) is 18.9 Å². The lowest BCUT2D eigenvalue weighted by molar-refractivity contribution is -0.137. The molecule has 0 aliphatic rings. The molecule has 0 amide bonds. The van der Waals surface area contributed by atoms with E-state index in [4.69, 9.17) is 5.11 Å². The Kier molecular flexibility index (Phi) is 6.67. The van der Waals surface area contributed by atoms with E-state index in [0.29, 0.717) is 18.5 Å². The van der Waals surface area contributed by atoms with Gasteiger partial charge in [-0.25, -0.2) is 0 Å². The lowest BCUT2D eigenvalue weighted by Gasteiger charge is -2.19. The maximum Gasteiger partial charge on any atom is 0.323 e. The van der Waals surface area contributed by atoms with Gasteiger partial charge in [-0.15, -0.1) is 0 Å². The third-order valence-electron chi connectivity index (χ3n) is 6.43. The number of carboxylic acids is 1. The summed E-state index contributed by atoms with van der Waals surface area (Å²) in [6.07, 6.45) is 4.15. The summed E-state index contributed by atoms with van der Waals surface area (Å²) < 4.78 is 1.71. The molecular formula is C30H27N3O3. The number of hydrogen-bond acceptors (Lipinski definition) is 3. The van der Waals surface area contributed by atoms with E-state index in [1.165, 1.54) is 0 Å². The van der Waals surface area contributed by atoms with E-state index in [2.05, 4.69) is 34.6 Å². The predicted molar refractivity (Wildman–Crippen MR) is 143 cm³/mol. The smallest absolute Gasteiger partial charge is 0.323 e. The zero-order valence-electron chi connectivity index (χ0n) is 19.7. The molecule has 0 radical (unpaired) electrons. The summed E-state index contributed by atoms with van der Waals surface area (Å²) in [6, 6.07) is 30.3. The first-order valence-corrected chi connectivity index (χ1v) is 11.9. The highest BCUT2D eigenvalue weighted by atomic mass is 16.4. The first-order chi connectivity index (χ1) is 17.6. The molecule has 36 heavy (non-hydrogen) atoms. The quantitative estimate of drug-likeness (QED) is 0.271. The zero-order chi connectivity index (χ0) is 24.9. The van der Waals surface area contributed by atoms with Crippen LogP contribution in [0.25, 0.3) is 10.9 Å². The molecular weight excluding hydrogens is 450 g/mol. The Balaban J connectivity index is 1.38. The number of anilines is 1. The molecule has 0 spiro atoms. The summed E-state index contributed by atoms with van der Waals surface area (Å²) in [5.41, 5.74) is 5.76. The molecule has 180 valence electrons. The molecule has 2 aromatic heterocycles. The minimum Gasteiger partial charge on any atom is -0.480 e. The second-order valence-electron chi connectivity index (χ2n) is 8.79. The Morgan fingerprint density at radius 1 is 0.889 bits per heavy atom. The van der Waals surface area contributed by atoms with Crippen LogP contribution in [0.1, 0.15) is 28.2 Å². The molecule has 0 atom stereocenters. The van der Waals surface area contributed by atoms with Crippen molar-refractivity contribution in [1.82, 2.24) is 9.55 Å². The van der Waals surface area contributed by atoms with Crippen molar-refractivity contribution in [3.05, 3.63) is 136 Å². The van der Waals surface area contributed by atoms with E-state index in [0.717, 1.165) is 33.3 Å². The highest BCUT2D eigenvalue weighted by Crippen LogP contribution is 2.31. The van der Waals surface area contributed by atoms with Crippen LogP contribution in [0.4, 0.5) is 5.69 Å². The van der Waals surface area contributed by atoms with E-state index in [1.54, 1.807) is 10.8 Å². The van der Waals surface area contributed by atoms with Gasteiger partial charge in [0, 0.05) is 41.5 Å². The maximum atomic E-state index is 12.7. The molecule has 0 aliphatic carbocycles. The van der Waals surface area contributed by atoms with Gasteiger partial charge in [0.25, 0.3) is 5.56 Å². The minimum atomic E-state index is -0.880. The van der Waals surface area contributed by atoms with Gasteiger partial charge in [-0.05, 0) is 47.4 Å². The largest absolute Gasteiger partial charge is 0.480 e. The van der Waals surface area contributed by atoms with Crippen molar-refractivity contribution in [1.29, 1.82) is 0 Å². The van der Waals surface area contributed by atoms with Crippen LogP contribution in [-0.2, 0) is 17.8 Å². The minimum absolute atomic E-state index is 0.0127. The number of pyridine rings is 1. The normalized spacial score (nSPS) is 11.1. The van der Waals surface area contributed by atoms with Gasteiger partial charge in [-0.2, -0.15) is 0 Å². The molecule has 5 aromatic rings. The molecule has 3 N–H and O–H groups in total. The molecule has 0 saturated heterocycles. The Bertz CT molecular complexity index is 1500. The Hall–Kier alpha value is -4.58. The number of H-pyrrole nitrogens is 1. The van der Waals surface area contributed by atoms with Gasteiger partial charge < -0.3 is 20.0 Å². The molecule has 6 heteroatoms. The van der Waals surface area contributed by atoms with E-state index < -0.39 is 5.97 Å². The average Bonchev–Trinajstić information content (AvgIpc) is 3.30. The third kappa shape index (κ3) is 4.93. The summed E-state index contributed by atoms with van der Waals surface area (Å²) in [5.74, 6) is -0.868. The topological polar surface area (TPSA) is 87.1 Å². The molecule has 0 saturated carbocycles. The number of hydrogen-bond donors (Lipinski definition) is 3. The number of aliphatic carboxylic acids is 1. The number of fused-ring (bicyclic) bond motifs is 1. The van der Waals surface area contributed by atoms with E-state index in [-0.39, 0.29) is 18.0 Å². The summed E-state index contributed by atoms with van der Waals surface area (Å²) >= 11 is 0. The fourth-order valence-corrected chi connectivity index (χ4v) is 4.76. The lowest BCUT2D eigenvalue weighted by Crippen LogP contribution is -2.18. The SMILES string of the molecule is O=C(O)Cn1ccc2c(NCCc3cc(C(c4ccccc4)c4ccccc4)c[nH]c3=O)cccc21. The van der Waals surface area contributed by atoms with Crippen LogP contribution in [0.15, 0.2) is 108 Å². The van der Waals surface area contributed by atoms with Gasteiger partial charge in [-0.1, -0.05) is 66.7 Å². The highest BCUT2D eigenvalue weighted by molar-refractivity contribution is 5.93. The monoisotopic (exact) mass is 477 g/mol. The molecule has 0 fully saturated rings. The molecule has 0 bridgehead atoms. The van der Waals surface area contributed by atoms with Crippen LogP contribution >= 0.6 is 0 Å². The van der Waals surface area contributed by atoms with Gasteiger partial charge in [0.05, 0.1) is 5.52 Å². The van der Waals surface area contributed by atoms with Crippen LogP contribution in [0, 0.1) is 0 Å². The number of nitrogens with zero attached hydrogens (tertiary/aromatic N) is 1. The first kappa shape index (κ1) is 23.2. The predicted octanol–water partition coefficient (Wildman–Crippen LogP) is 5.25. The van der Waals surface area contributed by atoms with E-state index in [1.807, 2.05) is 72.9 Å². The van der Waals surface area contributed by atoms with Gasteiger partial charge in [0.15, 0.2) is 0 Å². The van der Waals surface area contributed by atoms with E-state index >= 15 is 0 Å².